The van der Waals surface area contributed by atoms with Crippen molar-refractivity contribution in [2.45, 2.75) is 39.0 Å². The van der Waals surface area contributed by atoms with Crippen molar-refractivity contribution < 1.29 is 4.79 Å². The zero-order valence-corrected chi connectivity index (χ0v) is 14.7. The van der Waals surface area contributed by atoms with E-state index < -0.39 is 0 Å². The molecule has 0 aliphatic carbocycles. The van der Waals surface area contributed by atoms with Crippen LogP contribution in [0.25, 0.3) is 11.3 Å². The number of anilines is 1. The molecule has 0 aliphatic heterocycles. The first-order valence-corrected chi connectivity index (χ1v) is 8.74. The lowest BCUT2D eigenvalue weighted by molar-refractivity contribution is -0.116. The number of rotatable bonds is 5. The van der Waals surface area contributed by atoms with Crippen molar-refractivity contribution in [3.63, 3.8) is 0 Å². The van der Waals surface area contributed by atoms with E-state index in [9.17, 15) is 4.79 Å². The van der Waals surface area contributed by atoms with Crippen molar-refractivity contribution in [3.8, 4) is 11.3 Å². The van der Waals surface area contributed by atoms with Gasteiger partial charge in [0.25, 0.3) is 0 Å². The molecule has 22 heavy (non-hydrogen) atoms. The van der Waals surface area contributed by atoms with Crippen molar-refractivity contribution in [2.24, 2.45) is 0 Å². The van der Waals surface area contributed by atoms with Gasteiger partial charge < -0.3 is 5.32 Å². The fourth-order valence-corrected chi connectivity index (χ4v) is 2.88. The van der Waals surface area contributed by atoms with Gasteiger partial charge in [0.2, 0.25) is 5.91 Å². The third-order valence-corrected chi connectivity index (χ3v) is 4.36. The summed E-state index contributed by atoms with van der Waals surface area (Å²) in [4.78, 5) is 16.1. The van der Waals surface area contributed by atoms with Crippen molar-refractivity contribution in [1.82, 2.24) is 4.98 Å². The highest BCUT2D eigenvalue weighted by atomic mass is 35.5. The molecule has 1 heterocycles. The van der Waals surface area contributed by atoms with E-state index in [2.05, 4.69) is 55.3 Å². The van der Waals surface area contributed by atoms with E-state index in [1.165, 1.54) is 16.9 Å². The molecule has 2 rings (SSSR count). The molecule has 118 valence electrons. The Hall–Kier alpha value is -1.39. The molecule has 0 unspecified atom stereocenters. The molecule has 0 saturated carbocycles. The summed E-state index contributed by atoms with van der Waals surface area (Å²) in [7, 11) is 0. The molecule has 1 N–H and O–H groups in total. The monoisotopic (exact) mass is 336 g/mol. The number of benzene rings is 1. The Morgan fingerprint density at radius 3 is 2.55 bits per heavy atom. The Labute approximate surface area is 140 Å². The fourth-order valence-electron chi connectivity index (χ4n) is 2.01. The number of carbonyl (C=O) groups excluding carboxylic acids is 1. The second-order valence-electron chi connectivity index (χ2n) is 6.21. The quantitative estimate of drug-likeness (QED) is 0.775. The standard InChI is InChI=1S/C17H21ClN2OS/c1-17(2,3)13-8-6-12(7-9-13)14-11-22-16(19-14)20-15(21)5-4-10-18/h6-9,11H,4-5,10H2,1-3H3,(H,19,20,21). The number of nitrogens with zero attached hydrogens (tertiary/aromatic N) is 1. The molecule has 0 fully saturated rings. The highest BCUT2D eigenvalue weighted by Crippen LogP contribution is 2.28. The van der Waals surface area contributed by atoms with Gasteiger partial charge in [0.15, 0.2) is 5.13 Å². The van der Waals surface area contributed by atoms with Gasteiger partial charge in [-0.05, 0) is 17.4 Å². The molecule has 0 aliphatic rings. The van der Waals surface area contributed by atoms with E-state index in [-0.39, 0.29) is 11.3 Å². The van der Waals surface area contributed by atoms with Gasteiger partial charge in [-0.3, -0.25) is 4.79 Å². The van der Waals surface area contributed by atoms with Gasteiger partial charge in [0.1, 0.15) is 0 Å². The SMILES string of the molecule is CC(C)(C)c1ccc(-c2csc(NC(=O)CCCCl)n2)cc1. The summed E-state index contributed by atoms with van der Waals surface area (Å²) in [5.41, 5.74) is 3.38. The zero-order chi connectivity index (χ0) is 16.2. The number of thiazole rings is 1. The van der Waals surface area contributed by atoms with Crippen LogP contribution in [0.5, 0.6) is 0 Å². The van der Waals surface area contributed by atoms with Gasteiger partial charge in [-0.25, -0.2) is 4.98 Å². The Morgan fingerprint density at radius 2 is 1.95 bits per heavy atom. The molecule has 0 saturated heterocycles. The average Bonchev–Trinajstić information content (AvgIpc) is 2.93. The first-order valence-electron chi connectivity index (χ1n) is 7.32. The van der Waals surface area contributed by atoms with Crippen LogP contribution < -0.4 is 5.32 Å². The molecule has 1 aromatic heterocycles. The van der Waals surface area contributed by atoms with Crippen molar-refractivity contribution in [1.29, 1.82) is 0 Å². The smallest absolute Gasteiger partial charge is 0.226 e. The van der Waals surface area contributed by atoms with Crippen LogP contribution in [0.4, 0.5) is 5.13 Å². The summed E-state index contributed by atoms with van der Waals surface area (Å²) < 4.78 is 0. The number of nitrogens with one attached hydrogen (secondary N) is 1. The zero-order valence-electron chi connectivity index (χ0n) is 13.1. The molecule has 1 amide bonds. The Bertz CT molecular complexity index is 629. The Balaban J connectivity index is 2.06. The fraction of sp³-hybridized carbons (Fsp3) is 0.412. The number of hydrogen-bond acceptors (Lipinski definition) is 3. The molecule has 0 atom stereocenters. The summed E-state index contributed by atoms with van der Waals surface area (Å²) in [5, 5.41) is 5.41. The van der Waals surface area contributed by atoms with Crippen LogP contribution in [0.3, 0.4) is 0 Å². The predicted molar refractivity (Wildman–Crippen MR) is 94.8 cm³/mol. The second-order valence-corrected chi connectivity index (χ2v) is 7.44. The summed E-state index contributed by atoms with van der Waals surface area (Å²) in [6.45, 7) is 6.58. The maximum Gasteiger partial charge on any atom is 0.226 e. The number of carbonyl (C=O) groups is 1. The van der Waals surface area contributed by atoms with Gasteiger partial charge in [0, 0.05) is 23.2 Å². The molecule has 0 radical (unpaired) electrons. The first-order chi connectivity index (χ1) is 10.4. The highest BCUT2D eigenvalue weighted by Gasteiger charge is 2.14. The van der Waals surface area contributed by atoms with Gasteiger partial charge in [-0.2, -0.15) is 0 Å². The van der Waals surface area contributed by atoms with Crippen LogP contribution in [-0.2, 0) is 10.2 Å². The van der Waals surface area contributed by atoms with Gasteiger partial charge in [-0.15, -0.1) is 22.9 Å². The molecule has 0 bridgehead atoms. The number of hydrogen-bond donors (Lipinski definition) is 1. The van der Waals surface area contributed by atoms with Gasteiger partial charge in [-0.1, -0.05) is 45.0 Å². The molecular formula is C17H21ClN2OS. The van der Waals surface area contributed by atoms with Crippen LogP contribution >= 0.6 is 22.9 Å². The molecule has 1 aromatic carbocycles. The van der Waals surface area contributed by atoms with E-state index in [1.54, 1.807) is 0 Å². The number of amides is 1. The van der Waals surface area contributed by atoms with Gasteiger partial charge in [0.05, 0.1) is 5.69 Å². The van der Waals surface area contributed by atoms with Crippen LogP contribution in [-0.4, -0.2) is 16.8 Å². The van der Waals surface area contributed by atoms with Crippen molar-refractivity contribution >= 4 is 34.0 Å². The number of aromatic nitrogens is 1. The van der Waals surface area contributed by atoms with Crippen LogP contribution in [0.15, 0.2) is 29.6 Å². The lowest BCUT2D eigenvalue weighted by Crippen LogP contribution is -2.11. The van der Waals surface area contributed by atoms with E-state index in [0.29, 0.717) is 23.9 Å². The van der Waals surface area contributed by atoms with E-state index in [0.717, 1.165) is 11.3 Å². The summed E-state index contributed by atoms with van der Waals surface area (Å²) in [6.07, 6.45) is 1.11. The van der Waals surface area contributed by atoms with Crippen LogP contribution in [0.2, 0.25) is 0 Å². The largest absolute Gasteiger partial charge is 0.302 e. The lowest BCUT2D eigenvalue weighted by Gasteiger charge is -2.18. The lowest BCUT2D eigenvalue weighted by atomic mass is 9.86. The molecule has 0 spiro atoms. The topological polar surface area (TPSA) is 42.0 Å². The number of alkyl halides is 1. The van der Waals surface area contributed by atoms with Crippen LogP contribution in [0, 0.1) is 0 Å². The van der Waals surface area contributed by atoms with Crippen LogP contribution in [0.1, 0.15) is 39.2 Å². The first kappa shape index (κ1) is 17.0. The summed E-state index contributed by atoms with van der Waals surface area (Å²) in [5.74, 6) is 0.459. The molecular weight excluding hydrogens is 316 g/mol. The third kappa shape index (κ3) is 4.55. The molecule has 5 heteroatoms. The average molecular weight is 337 g/mol. The normalized spacial score (nSPS) is 11.5. The minimum atomic E-state index is -0.0374. The Morgan fingerprint density at radius 1 is 1.27 bits per heavy atom. The van der Waals surface area contributed by atoms with Gasteiger partial charge >= 0.3 is 0 Å². The molecule has 3 nitrogen and oxygen atoms in total. The van der Waals surface area contributed by atoms with Crippen molar-refractivity contribution in [3.05, 3.63) is 35.2 Å². The number of halogens is 1. The predicted octanol–water partition coefficient (Wildman–Crippen LogP) is 5.07. The summed E-state index contributed by atoms with van der Waals surface area (Å²) >= 11 is 7.02. The maximum atomic E-state index is 11.7. The molecule has 2 aromatic rings. The maximum absolute atomic E-state index is 11.7. The minimum absolute atomic E-state index is 0.0374. The second kappa shape index (κ2) is 7.25. The van der Waals surface area contributed by atoms with E-state index >= 15 is 0 Å². The summed E-state index contributed by atoms with van der Waals surface area (Å²) in [6, 6.07) is 8.42. The third-order valence-electron chi connectivity index (χ3n) is 3.33. The highest BCUT2D eigenvalue weighted by molar-refractivity contribution is 7.14. The minimum Gasteiger partial charge on any atom is -0.302 e. The van der Waals surface area contributed by atoms with E-state index in [1.807, 2.05) is 5.38 Å². The van der Waals surface area contributed by atoms with E-state index in [4.69, 9.17) is 11.6 Å². The Kier molecular flexibility index (Phi) is 5.59. The van der Waals surface area contributed by atoms with Crippen molar-refractivity contribution in [2.75, 3.05) is 11.2 Å².